The number of hydrazine groups is 1. The van der Waals surface area contributed by atoms with E-state index in [1.165, 1.54) is 0 Å². The van der Waals surface area contributed by atoms with Gasteiger partial charge in [0.1, 0.15) is 0 Å². The first-order valence-corrected chi connectivity index (χ1v) is 2.47. The summed E-state index contributed by atoms with van der Waals surface area (Å²) in [5.74, 6) is 5.10. The highest BCUT2D eigenvalue weighted by Gasteiger charge is 2.11. The average Bonchev–Trinajstić information content (AvgIpc) is 2.14. The summed E-state index contributed by atoms with van der Waals surface area (Å²) in [7, 11) is 0. The van der Waals surface area contributed by atoms with E-state index in [-0.39, 0.29) is 0 Å². The second-order valence-electron chi connectivity index (χ2n) is 1.73. The van der Waals surface area contributed by atoms with Crippen LogP contribution in [0.2, 0.25) is 0 Å². The van der Waals surface area contributed by atoms with E-state index in [0.29, 0.717) is 6.04 Å². The maximum Gasteiger partial charge on any atom is 0.0633 e. The molecule has 3 heteroatoms. The number of nitrogens with one attached hydrogen (secondary N) is 1. The van der Waals surface area contributed by atoms with Crippen LogP contribution in [0.15, 0.2) is 0 Å². The largest absolute Gasteiger partial charge is 0.380 e. The molecule has 3 N–H and O–H groups in total. The molecule has 1 rings (SSSR count). The molecule has 0 unspecified atom stereocenters. The molecule has 1 aliphatic rings. The molecule has 42 valence electrons. The molecule has 0 spiro atoms. The highest BCUT2D eigenvalue weighted by molar-refractivity contribution is 4.66. The summed E-state index contributed by atoms with van der Waals surface area (Å²) in [6.45, 7) is 1.63. The van der Waals surface area contributed by atoms with Crippen molar-refractivity contribution in [3.05, 3.63) is 0 Å². The van der Waals surface area contributed by atoms with Crippen LogP contribution in [0, 0.1) is 0 Å². The van der Waals surface area contributed by atoms with Gasteiger partial charge in [-0.3, -0.25) is 11.3 Å². The van der Waals surface area contributed by atoms with Crippen LogP contribution in [-0.4, -0.2) is 19.3 Å². The summed E-state index contributed by atoms with van der Waals surface area (Å²) in [5.41, 5.74) is 2.64. The fourth-order valence-electron chi connectivity index (χ4n) is 0.666. The zero-order valence-electron chi connectivity index (χ0n) is 4.18. The molecule has 0 aromatic carbocycles. The van der Waals surface area contributed by atoms with E-state index in [9.17, 15) is 0 Å². The molecule has 0 aromatic heterocycles. The van der Waals surface area contributed by atoms with Gasteiger partial charge in [0.05, 0.1) is 6.61 Å². The van der Waals surface area contributed by atoms with E-state index >= 15 is 0 Å². The van der Waals surface area contributed by atoms with Crippen molar-refractivity contribution in [3.63, 3.8) is 0 Å². The molecule has 1 atom stereocenters. The maximum absolute atomic E-state index is 5.10. The summed E-state index contributed by atoms with van der Waals surface area (Å²) in [6, 6.07) is 0.403. The Morgan fingerprint density at radius 2 is 2.57 bits per heavy atom. The topological polar surface area (TPSA) is 47.3 Å². The summed E-state index contributed by atoms with van der Waals surface area (Å²) in [5, 5.41) is 0. The number of hydrogen-bond acceptors (Lipinski definition) is 3. The number of nitrogens with two attached hydrogens (primary N) is 1. The minimum atomic E-state index is 0.403. The van der Waals surface area contributed by atoms with Crippen molar-refractivity contribution in [3.8, 4) is 0 Å². The van der Waals surface area contributed by atoms with Gasteiger partial charge in [-0.05, 0) is 6.42 Å². The predicted molar refractivity (Wildman–Crippen MR) is 26.5 cm³/mol. The number of rotatable bonds is 1. The lowest BCUT2D eigenvalue weighted by Gasteiger charge is -2.00. The van der Waals surface area contributed by atoms with Crippen LogP contribution >= 0.6 is 0 Å². The number of ether oxygens (including phenoxy) is 1. The molecule has 1 saturated heterocycles. The molecule has 1 heterocycles. The first-order chi connectivity index (χ1) is 3.43. The third-order valence-corrected chi connectivity index (χ3v) is 1.17. The fourth-order valence-corrected chi connectivity index (χ4v) is 0.666. The SMILES string of the molecule is NN[C@H]1CCOC1. The molecule has 1 fully saturated rings. The first kappa shape index (κ1) is 5.03. The summed E-state index contributed by atoms with van der Waals surface area (Å²) in [4.78, 5) is 0. The van der Waals surface area contributed by atoms with Gasteiger partial charge >= 0.3 is 0 Å². The normalized spacial score (nSPS) is 31.3. The molecule has 0 amide bonds. The van der Waals surface area contributed by atoms with Gasteiger partial charge in [0.2, 0.25) is 0 Å². The van der Waals surface area contributed by atoms with Gasteiger partial charge in [0.15, 0.2) is 0 Å². The van der Waals surface area contributed by atoms with Gasteiger partial charge < -0.3 is 4.74 Å². The minimum absolute atomic E-state index is 0.403. The van der Waals surface area contributed by atoms with Crippen LogP contribution in [0.25, 0.3) is 0 Å². The second-order valence-corrected chi connectivity index (χ2v) is 1.73. The monoisotopic (exact) mass is 102 g/mol. The molecule has 7 heavy (non-hydrogen) atoms. The summed E-state index contributed by atoms with van der Waals surface area (Å²) < 4.78 is 5.01. The minimum Gasteiger partial charge on any atom is -0.380 e. The van der Waals surface area contributed by atoms with Gasteiger partial charge in [-0.25, -0.2) is 0 Å². The van der Waals surface area contributed by atoms with E-state index in [4.69, 9.17) is 10.6 Å². The van der Waals surface area contributed by atoms with Crippen molar-refractivity contribution >= 4 is 0 Å². The lowest BCUT2D eigenvalue weighted by Crippen LogP contribution is -2.34. The quantitative estimate of drug-likeness (QED) is 0.338. The molecule has 0 aliphatic carbocycles. The van der Waals surface area contributed by atoms with Crippen LogP contribution in [0.1, 0.15) is 6.42 Å². The highest BCUT2D eigenvalue weighted by Crippen LogP contribution is 2.00. The lowest BCUT2D eigenvalue weighted by atomic mass is 10.3. The maximum atomic E-state index is 5.10. The van der Waals surface area contributed by atoms with Crippen molar-refractivity contribution in [1.29, 1.82) is 0 Å². The molecule has 3 nitrogen and oxygen atoms in total. The third-order valence-electron chi connectivity index (χ3n) is 1.17. The predicted octanol–water partition coefficient (Wildman–Crippen LogP) is -0.761. The zero-order chi connectivity index (χ0) is 5.11. The Kier molecular flexibility index (Phi) is 1.62. The Bertz CT molecular complexity index is 51.7. The molecular weight excluding hydrogens is 92.1 g/mol. The molecule has 0 radical (unpaired) electrons. The summed E-state index contributed by atoms with van der Waals surface area (Å²) >= 11 is 0. The van der Waals surface area contributed by atoms with Crippen LogP contribution < -0.4 is 11.3 Å². The van der Waals surface area contributed by atoms with E-state index < -0.39 is 0 Å². The van der Waals surface area contributed by atoms with Crippen molar-refractivity contribution in [2.45, 2.75) is 12.5 Å². The van der Waals surface area contributed by atoms with Crippen molar-refractivity contribution < 1.29 is 4.74 Å². The Labute approximate surface area is 42.8 Å². The van der Waals surface area contributed by atoms with E-state index in [1.54, 1.807) is 0 Å². The molecule has 0 bridgehead atoms. The first-order valence-electron chi connectivity index (χ1n) is 2.47. The van der Waals surface area contributed by atoms with Crippen LogP contribution in [-0.2, 0) is 4.74 Å². The van der Waals surface area contributed by atoms with Crippen molar-refractivity contribution in [1.82, 2.24) is 5.43 Å². The molecule has 1 aliphatic heterocycles. The standard InChI is InChI=1S/C4H10N2O/c5-6-4-1-2-7-3-4/h4,6H,1-3,5H2/t4-/m0/s1. The van der Waals surface area contributed by atoms with Gasteiger partial charge in [0, 0.05) is 12.6 Å². The van der Waals surface area contributed by atoms with Crippen molar-refractivity contribution in [2.24, 2.45) is 5.84 Å². The molecular formula is C4H10N2O. The van der Waals surface area contributed by atoms with Gasteiger partial charge in [-0.1, -0.05) is 0 Å². The highest BCUT2D eigenvalue weighted by atomic mass is 16.5. The third kappa shape index (κ3) is 1.12. The van der Waals surface area contributed by atoms with E-state index in [0.717, 1.165) is 19.6 Å². The van der Waals surface area contributed by atoms with Crippen molar-refractivity contribution in [2.75, 3.05) is 13.2 Å². The van der Waals surface area contributed by atoms with Crippen LogP contribution in [0.4, 0.5) is 0 Å². The van der Waals surface area contributed by atoms with Gasteiger partial charge in [0.25, 0.3) is 0 Å². The Balaban J connectivity index is 2.14. The lowest BCUT2D eigenvalue weighted by molar-refractivity contribution is 0.190. The van der Waals surface area contributed by atoms with Crippen LogP contribution in [0.3, 0.4) is 0 Å². The fraction of sp³-hybridized carbons (Fsp3) is 1.00. The Morgan fingerprint density at radius 1 is 1.71 bits per heavy atom. The number of hydrogen-bond donors (Lipinski definition) is 2. The van der Waals surface area contributed by atoms with E-state index in [1.807, 2.05) is 0 Å². The van der Waals surface area contributed by atoms with Gasteiger partial charge in [-0.2, -0.15) is 0 Å². The summed E-state index contributed by atoms with van der Waals surface area (Å²) in [6.07, 6.45) is 1.05. The van der Waals surface area contributed by atoms with Gasteiger partial charge in [-0.15, -0.1) is 0 Å². The van der Waals surface area contributed by atoms with Crippen LogP contribution in [0.5, 0.6) is 0 Å². The Morgan fingerprint density at radius 3 is 2.86 bits per heavy atom. The average molecular weight is 102 g/mol. The second kappa shape index (κ2) is 2.26. The molecule has 0 aromatic rings. The molecule has 0 saturated carbocycles. The zero-order valence-corrected chi connectivity index (χ0v) is 4.18. The smallest absolute Gasteiger partial charge is 0.0633 e. The Hall–Kier alpha value is -0.120. The van der Waals surface area contributed by atoms with E-state index in [2.05, 4.69) is 5.43 Å².